The summed E-state index contributed by atoms with van der Waals surface area (Å²) in [5.74, 6) is 0.581. The molecule has 8 heavy (non-hydrogen) atoms. The summed E-state index contributed by atoms with van der Waals surface area (Å²) in [5.41, 5.74) is 0. The highest BCUT2D eigenvalue weighted by molar-refractivity contribution is 6.64. The van der Waals surface area contributed by atoms with Crippen molar-refractivity contribution < 1.29 is 0 Å². The second-order valence-electron chi connectivity index (χ2n) is 1.31. The zero-order valence-corrected chi connectivity index (χ0v) is 5.79. The Morgan fingerprint density at radius 3 is 2.38 bits per heavy atom. The van der Waals surface area contributed by atoms with E-state index < -0.39 is 0 Å². The molecular weight excluding hydrogens is 124 g/mol. The van der Waals surface area contributed by atoms with Crippen LogP contribution in [0.15, 0.2) is 17.4 Å². The van der Waals surface area contributed by atoms with Gasteiger partial charge in [-0.3, -0.25) is 0 Å². The van der Waals surface area contributed by atoms with Gasteiger partial charge < -0.3 is 5.32 Å². The summed E-state index contributed by atoms with van der Waals surface area (Å²) in [6, 6.07) is 0. The summed E-state index contributed by atoms with van der Waals surface area (Å²) in [6.45, 7) is 5.23. The highest BCUT2D eigenvalue weighted by Gasteiger charge is 1.81. The van der Waals surface area contributed by atoms with Crippen molar-refractivity contribution >= 4 is 16.8 Å². The van der Waals surface area contributed by atoms with Crippen LogP contribution in [0.3, 0.4) is 0 Å². The van der Waals surface area contributed by atoms with E-state index in [-0.39, 0.29) is 0 Å². The van der Waals surface area contributed by atoms with Crippen molar-refractivity contribution in [2.75, 3.05) is 7.05 Å². The van der Waals surface area contributed by atoms with E-state index in [1.807, 2.05) is 0 Å². The van der Waals surface area contributed by atoms with Gasteiger partial charge in [0.15, 0.2) is 0 Å². The van der Waals surface area contributed by atoms with E-state index in [0.717, 1.165) is 0 Å². The third kappa shape index (κ3) is 3.68. The molecule has 0 amide bonds. The average molecular weight is 133 g/mol. The topological polar surface area (TPSA) is 24.4 Å². The van der Waals surface area contributed by atoms with Crippen LogP contribution < -0.4 is 5.32 Å². The van der Waals surface area contributed by atoms with E-state index in [2.05, 4.69) is 16.9 Å². The van der Waals surface area contributed by atoms with Crippen molar-refractivity contribution in [3.05, 3.63) is 12.4 Å². The minimum atomic E-state index is 0.490. The monoisotopic (exact) mass is 132 g/mol. The first-order valence-corrected chi connectivity index (χ1v) is 2.62. The second-order valence-corrected chi connectivity index (χ2v) is 1.85. The first-order chi connectivity index (χ1) is 3.66. The normalized spacial score (nSPS) is 11.1. The molecule has 0 aliphatic rings. The van der Waals surface area contributed by atoms with Gasteiger partial charge in [-0.2, -0.15) is 0 Å². The SMILES string of the molecule is C=C(/N=C(\C)Cl)NC. The van der Waals surface area contributed by atoms with Crippen LogP contribution in [-0.2, 0) is 0 Å². The quantitative estimate of drug-likeness (QED) is 0.564. The second kappa shape index (κ2) is 3.50. The molecule has 0 saturated heterocycles. The molecule has 0 aromatic rings. The summed E-state index contributed by atoms with van der Waals surface area (Å²) in [4.78, 5) is 3.77. The molecule has 0 unspecified atom stereocenters. The minimum Gasteiger partial charge on any atom is -0.374 e. The van der Waals surface area contributed by atoms with Crippen molar-refractivity contribution in [1.82, 2.24) is 5.32 Å². The smallest absolute Gasteiger partial charge is 0.119 e. The molecule has 0 bridgehead atoms. The lowest BCUT2D eigenvalue weighted by Crippen LogP contribution is -2.01. The zero-order chi connectivity index (χ0) is 6.57. The predicted octanol–water partition coefficient (Wildman–Crippen LogP) is 1.33. The molecule has 0 aliphatic carbocycles. The summed E-state index contributed by atoms with van der Waals surface area (Å²) in [5, 5.41) is 3.22. The maximum absolute atomic E-state index is 5.40. The number of nitrogens with zero attached hydrogens (tertiary/aromatic N) is 1. The molecular formula is C5H9ClN2. The Morgan fingerprint density at radius 1 is 1.75 bits per heavy atom. The molecule has 0 atom stereocenters. The molecule has 0 saturated carbocycles. The molecule has 1 N–H and O–H groups in total. The first-order valence-electron chi connectivity index (χ1n) is 2.24. The lowest BCUT2D eigenvalue weighted by molar-refractivity contribution is 0.975. The fourth-order valence-corrected chi connectivity index (χ4v) is 0.344. The Labute approximate surface area is 54.3 Å². The Bertz CT molecular complexity index is 114. The van der Waals surface area contributed by atoms with E-state index in [4.69, 9.17) is 11.6 Å². The fourth-order valence-electron chi connectivity index (χ4n) is 0.242. The molecule has 2 nitrogen and oxygen atoms in total. The maximum atomic E-state index is 5.40. The number of hydrogen-bond donors (Lipinski definition) is 1. The van der Waals surface area contributed by atoms with Gasteiger partial charge in [0, 0.05) is 7.05 Å². The molecule has 3 heteroatoms. The summed E-state index contributed by atoms with van der Waals surface area (Å²) in [7, 11) is 1.74. The van der Waals surface area contributed by atoms with Crippen LogP contribution in [0.25, 0.3) is 0 Å². The lowest BCUT2D eigenvalue weighted by Gasteiger charge is -1.93. The Kier molecular flexibility index (Phi) is 3.28. The number of halogens is 1. The van der Waals surface area contributed by atoms with Gasteiger partial charge >= 0.3 is 0 Å². The third-order valence-electron chi connectivity index (χ3n) is 0.578. The van der Waals surface area contributed by atoms with Gasteiger partial charge in [0.05, 0.1) is 0 Å². The Morgan fingerprint density at radius 2 is 2.25 bits per heavy atom. The summed E-state index contributed by atoms with van der Waals surface area (Å²) >= 11 is 5.40. The first kappa shape index (κ1) is 7.50. The van der Waals surface area contributed by atoms with Gasteiger partial charge in [0.1, 0.15) is 11.0 Å². The van der Waals surface area contributed by atoms with Crippen molar-refractivity contribution in [3.63, 3.8) is 0 Å². The molecule has 0 rings (SSSR count). The average Bonchev–Trinajstić information content (AvgIpc) is 1.65. The van der Waals surface area contributed by atoms with E-state index in [9.17, 15) is 0 Å². The van der Waals surface area contributed by atoms with Crippen molar-refractivity contribution in [2.45, 2.75) is 6.92 Å². The number of aliphatic imine (C=N–C) groups is 1. The third-order valence-corrected chi connectivity index (χ3v) is 0.662. The summed E-state index contributed by atoms with van der Waals surface area (Å²) in [6.07, 6.45) is 0. The molecule has 0 spiro atoms. The molecule has 0 aliphatic heterocycles. The molecule has 0 aromatic carbocycles. The Balaban J connectivity index is 3.70. The maximum Gasteiger partial charge on any atom is 0.119 e. The van der Waals surface area contributed by atoms with E-state index in [0.29, 0.717) is 11.0 Å². The van der Waals surface area contributed by atoms with Gasteiger partial charge in [0.25, 0.3) is 0 Å². The number of nitrogens with one attached hydrogen (secondary N) is 1. The van der Waals surface area contributed by atoms with Gasteiger partial charge in [-0.1, -0.05) is 18.2 Å². The van der Waals surface area contributed by atoms with E-state index in [1.54, 1.807) is 14.0 Å². The van der Waals surface area contributed by atoms with Crippen LogP contribution in [-0.4, -0.2) is 12.2 Å². The molecule has 0 radical (unpaired) electrons. The zero-order valence-electron chi connectivity index (χ0n) is 5.03. The predicted molar refractivity (Wildman–Crippen MR) is 37.2 cm³/mol. The van der Waals surface area contributed by atoms with Crippen LogP contribution in [0.5, 0.6) is 0 Å². The fraction of sp³-hybridized carbons (Fsp3) is 0.400. The molecule has 0 fully saturated rings. The number of hydrogen-bond acceptors (Lipinski definition) is 2. The van der Waals surface area contributed by atoms with Gasteiger partial charge in [0.2, 0.25) is 0 Å². The highest BCUT2D eigenvalue weighted by Crippen LogP contribution is 1.89. The molecule has 46 valence electrons. The van der Waals surface area contributed by atoms with E-state index in [1.165, 1.54) is 0 Å². The van der Waals surface area contributed by atoms with E-state index >= 15 is 0 Å². The summed E-state index contributed by atoms with van der Waals surface area (Å²) < 4.78 is 0. The lowest BCUT2D eigenvalue weighted by atomic mass is 10.7. The molecule has 0 aromatic heterocycles. The standard InChI is InChI=1S/C5H9ClN2/c1-4(6)8-5(2)7-3/h7H,2H2,1,3H3/b8-4+. The van der Waals surface area contributed by atoms with Crippen molar-refractivity contribution in [3.8, 4) is 0 Å². The minimum absolute atomic E-state index is 0.490. The largest absolute Gasteiger partial charge is 0.374 e. The Hall–Kier alpha value is -0.500. The van der Waals surface area contributed by atoms with Crippen LogP contribution in [0.4, 0.5) is 0 Å². The van der Waals surface area contributed by atoms with Gasteiger partial charge in [-0.05, 0) is 6.92 Å². The van der Waals surface area contributed by atoms with Crippen LogP contribution in [0, 0.1) is 0 Å². The van der Waals surface area contributed by atoms with Crippen LogP contribution in [0.1, 0.15) is 6.92 Å². The van der Waals surface area contributed by atoms with Crippen molar-refractivity contribution in [2.24, 2.45) is 4.99 Å². The van der Waals surface area contributed by atoms with Crippen LogP contribution >= 0.6 is 11.6 Å². The number of rotatable bonds is 2. The van der Waals surface area contributed by atoms with Crippen molar-refractivity contribution in [1.29, 1.82) is 0 Å². The van der Waals surface area contributed by atoms with Gasteiger partial charge in [-0.15, -0.1) is 0 Å². The highest BCUT2D eigenvalue weighted by atomic mass is 35.5. The van der Waals surface area contributed by atoms with Crippen LogP contribution in [0.2, 0.25) is 0 Å². The van der Waals surface area contributed by atoms with Gasteiger partial charge in [-0.25, -0.2) is 4.99 Å². The molecule has 0 heterocycles.